The number of methoxy groups -OCH3 is 1. The van der Waals surface area contributed by atoms with Gasteiger partial charge in [-0.1, -0.05) is 28.1 Å². The number of esters is 1. The Bertz CT molecular complexity index is 1280. The molecule has 3 aromatic rings. The molecule has 1 fully saturated rings. The minimum Gasteiger partial charge on any atom is -0.494 e. The van der Waals surface area contributed by atoms with E-state index in [1.54, 1.807) is 25.1 Å². The SMILES string of the molecule is CCOC(=O)C1CCCN1C/C=C/C(=O)Nc1cc2c(Nc3cccc(Br)c3)ncnc2cc1OC. The molecule has 0 bridgehead atoms. The maximum absolute atomic E-state index is 12.7. The van der Waals surface area contributed by atoms with Gasteiger partial charge in [0.2, 0.25) is 5.91 Å². The topological polar surface area (TPSA) is 106 Å². The number of hydrogen-bond donors (Lipinski definition) is 2. The highest BCUT2D eigenvalue weighted by molar-refractivity contribution is 9.10. The van der Waals surface area contributed by atoms with Crippen molar-refractivity contribution in [3.63, 3.8) is 0 Å². The van der Waals surface area contributed by atoms with E-state index in [0.717, 1.165) is 34.9 Å². The van der Waals surface area contributed by atoms with Crippen LogP contribution in [-0.4, -0.2) is 59.6 Å². The molecular weight excluding hydrogens is 526 g/mol. The molecule has 2 aromatic carbocycles. The van der Waals surface area contributed by atoms with Gasteiger partial charge in [0.25, 0.3) is 0 Å². The number of hydrogen-bond acceptors (Lipinski definition) is 8. The molecule has 1 amide bonds. The maximum Gasteiger partial charge on any atom is 0.323 e. The van der Waals surface area contributed by atoms with Crippen LogP contribution in [0.15, 0.2) is 59.4 Å². The first kappa shape index (κ1) is 25.6. The number of halogens is 1. The summed E-state index contributed by atoms with van der Waals surface area (Å²) in [7, 11) is 1.54. The number of aromatic nitrogens is 2. The van der Waals surface area contributed by atoms with Gasteiger partial charge < -0.3 is 20.1 Å². The first-order valence-corrected chi connectivity index (χ1v) is 12.5. The Labute approximate surface area is 218 Å². The molecule has 1 unspecified atom stereocenters. The Kier molecular flexibility index (Phi) is 8.50. The van der Waals surface area contributed by atoms with E-state index in [1.807, 2.05) is 29.2 Å². The summed E-state index contributed by atoms with van der Waals surface area (Å²) in [6.45, 7) is 3.44. The van der Waals surface area contributed by atoms with E-state index in [2.05, 4.69) is 36.5 Å². The standard InChI is InChI=1S/C26H28BrN5O4/c1-3-36-26(34)22-9-5-11-32(22)12-6-10-24(33)31-21-14-19-20(15-23(21)35-2)28-16-29-25(19)30-18-8-4-7-17(27)13-18/h4,6-8,10,13-16,22H,3,5,9,11-12H2,1-2H3,(H,31,33)(H,28,29,30)/b10-6+. The van der Waals surface area contributed by atoms with E-state index in [1.165, 1.54) is 19.5 Å². The Morgan fingerprint density at radius 1 is 1.25 bits per heavy atom. The Hall–Kier alpha value is -3.50. The van der Waals surface area contributed by atoms with Crippen LogP contribution in [0.3, 0.4) is 0 Å². The summed E-state index contributed by atoms with van der Waals surface area (Å²) in [5, 5.41) is 6.91. The van der Waals surface area contributed by atoms with E-state index in [9.17, 15) is 9.59 Å². The van der Waals surface area contributed by atoms with Gasteiger partial charge in [-0.3, -0.25) is 14.5 Å². The number of nitrogens with zero attached hydrogens (tertiary/aromatic N) is 3. The number of likely N-dealkylation sites (tertiary alicyclic amines) is 1. The second-order valence-corrected chi connectivity index (χ2v) is 9.14. The number of rotatable bonds is 9. The lowest BCUT2D eigenvalue weighted by Crippen LogP contribution is -2.37. The Balaban J connectivity index is 1.49. The number of amides is 1. The first-order valence-electron chi connectivity index (χ1n) is 11.7. The van der Waals surface area contributed by atoms with Crippen molar-refractivity contribution >= 4 is 55.9 Å². The number of anilines is 3. The lowest BCUT2D eigenvalue weighted by molar-refractivity contribution is -0.148. The van der Waals surface area contributed by atoms with Crippen molar-refractivity contribution in [1.82, 2.24) is 14.9 Å². The van der Waals surface area contributed by atoms with E-state index in [-0.39, 0.29) is 17.9 Å². The molecule has 36 heavy (non-hydrogen) atoms. The smallest absolute Gasteiger partial charge is 0.323 e. The van der Waals surface area contributed by atoms with Crippen molar-refractivity contribution in [3.8, 4) is 5.75 Å². The Morgan fingerprint density at radius 2 is 2.11 bits per heavy atom. The van der Waals surface area contributed by atoms with Crippen LogP contribution in [0.5, 0.6) is 5.75 Å². The molecule has 4 rings (SSSR count). The summed E-state index contributed by atoms with van der Waals surface area (Å²) >= 11 is 3.47. The monoisotopic (exact) mass is 553 g/mol. The van der Waals surface area contributed by atoms with Crippen LogP contribution in [0.1, 0.15) is 19.8 Å². The van der Waals surface area contributed by atoms with Crippen LogP contribution < -0.4 is 15.4 Å². The summed E-state index contributed by atoms with van der Waals surface area (Å²) in [5.41, 5.74) is 2.03. The zero-order chi connectivity index (χ0) is 25.5. The normalized spacial score (nSPS) is 15.8. The van der Waals surface area contributed by atoms with Crippen molar-refractivity contribution in [2.24, 2.45) is 0 Å². The molecule has 1 atom stereocenters. The molecule has 1 aromatic heterocycles. The number of carbonyl (C=O) groups excluding carboxylic acids is 2. The summed E-state index contributed by atoms with van der Waals surface area (Å²) in [6, 6.07) is 11.0. The van der Waals surface area contributed by atoms with Crippen LogP contribution in [0.2, 0.25) is 0 Å². The van der Waals surface area contributed by atoms with Crippen LogP contribution in [0.4, 0.5) is 17.2 Å². The van der Waals surface area contributed by atoms with Gasteiger partial charge in [-0.2, -0.15) is 0 Å². The minimum absolute atomic E-state index is 0.205. The number of fused-ring (bicyclic) bond motifs is 1. The van der Waals surface area contributed by atoms with Crippen molar-refractivity contribution < 1.29 is 19.1 Å². The number of ether oxygens (including phenoxy) is 2. The molecule has 9 nitrogen and oxygen atoms in total. The van der Waals surface area contributed by atoms with Crippen molar-refractivity contribution in [1.29, 1.82) is 0 Å². The van der Waals surface area contributed by atoms with Crippen molar-refractivity contribution in [2.45, 2.75) is 25.8 Å². The van der Waals surface area contributed by atoms with Gasteiger partial charge >= 0.3 is 5.97 Å². The average molecular weight is 554 g/mol. The molecule has 2 heterocycles. The summed E-state index contributed by atoms with van der Waals surface area (Å²) in [5.74, 6) is 0.574. The largest absolute Gasteiger partial charge is 0.494 e. The van der Waals surface area contributed by atoms with Gasteiger partial charge in [-0.25, -0.2) is 9.97 Å². The van der Waals surface area contributed by atoms with Gasteiger partial charge in [0.05, 0.1) is 24.9 Å². The van der Waals surface area contributed by atoms with Crippen molar-refractivity contribution in [3.05, 3.63) is 59.4 Å². The fraction of sp³-hybridized carbons (Fsp3) is 0.308. The molecule has 0 aliphatic carbocycles. The summed E-state index contributed by atoms with van der Waals surface area (Å²) in [6.07, 6.45) is 6.39. The van der Waals surface area contributed by atoms with Crippen LogP contribution in [0, 0.1) is 0 Å². The average Bonchev–Trinajstić information content (AvgIpc) is 3.33. The molecular formula is C26H28BrN5O4. The van der Waals surface area contributed by atoms with E-state index in [4.69, 9.17) is 9.47 Å². The van der Waals surface area contributed by atoms with Crippen LogP contribution >= 0.6 is 15.9 Å². The zero-order valence-corrected chi connectivity index (χ0v) is 21.7. The lowest BCUT2D eigenvalue weighted by atomic mass is 10.1. The predicted molar refractivity (Wildman–Crippen MR) is 143 cm³/mol. The third-order valence-corrected chi connectivity index (χ3v) is 6.33. The van der Waals surface area contributed by atoms with Gasteiger partial charge in [0.15, 0.2) is 0 Å². The molecule has 0 radical (unpaired) electrons. The van der Waals surface area contributed by atoms with E-state index in [0.29, 0.717) is 35.9 Å². The molecule has 188 valence electrons. The van der Waals surface area contributed by atoms with E-state index >= 15 is 0 Å². The molecule has 1 aliphatic rings. The highest BCUT2D eigenvalue weighted by Crippen LogP contribution is 2.33. The van der Waals surface area contributed by atoms with Gasteiger partial charge in [0, 0.05) is 34.2 Å². The summed E-state index contributed by atoms with van der Waals surface area (Å²) < 4.78 is 11.6. The van der Waals surface area contributed by atoms with Gasteiger partial charge in [0.1, 0.15) is 23.9 Å². The predicted octanol–water partition coefficient (Wildman–Crippen LogP) is 4.67. The number of benzene rings is 2. The van der Waals surface area contributed by atoms with E-state index < -0.39 is 0 Å². The molecule has 10 heteroatoms. The van der Waals surface area contributed by atoms with Crippen LogP contribution in [-0.2, 0) is 14.3 Å². The fourth-order valence-electron chi connectivity index (χ4n) is 4.17. The highest BCUT2D eigenvalue weighted by Gasteiger charge is 2.30. The molecule has 0 spiro atoms. The summed E-state index contributed by atoms with van der Waals surface area (Å²) in [4.78, 5) is 35.6. The Morgan fingerprint density at radius 3 is 2.89 bits per heavy atom. The van der Waals surface area contributed by atoms with Crippen LogP contribution in [0.25, 0.3) is 10.9 Å². The quantitative estimate of drug-likeness (QED) is 0.291. The highest BCUT2D eigenvalue weighted by atomic mass is 79.9. The fourth-order valence-corrected chi connectivity index (χ4v) is 4.57. The molecule has 2 N–H and O–H groups in total. The third-order valence-electron chi connectivity index (χ3n) is 5.83. The first-order chi connectivity index (χ1) is 17.5. The van der Waals surface area contributed by atoms with Gasteiger partial charge in [-0.15, -0.1) is 0 Å². The second-order valence-electron chi connectivity index (χ2n) is 8.22. The minimum atomic E-state index is -0.308. The zero-order valence-electron chi connectivity index (χ0n) is 20.2. The van der Waals surface area contributed by atoms with Crippen molar-refractivity contribution in [2.75, 3.05) is 37.4 Å². The number of nitrogens with one attached hydrogen (secondary N) is 2. The molecule has 0 saturated carbocycles. The lowest BCUT2D eigenvalue weighted by Gasteiger charge is -2.20. The van der Waals surface area contributed by atoms with Gasteiger partial charge in [-0.05, 0) is 50.6 Å². The molecule has 1 saturated heterocycles. The number of carbonyl (C=O) groups is 2. The second kappa shape index (κ2) is 12.0. The maximum atomic E-state index is 12.7. The third kappa shape index (κ3) is 6.19. The molecule has 1 aliphatic heterocycles.